The van der Waals surface area contributed by atoms with E-state index in [4.69, 9.17) is 11.6 Å². The van der Waals surface area contributed by atoms with E-state index in [1.165, 1.54) is 26.2 Å². The Hall–Kier alpha value is -2.46. The molecule has 8 nitrogen and oxygen atoms in total. The summed E-state index contributed by atoms with van der Waals surface area (Å²) in [6.07, 6.45) is 4.31. The molecule has 2 saturated carbocycles. The number of hydrogen-bond donors (Lipinski definition) is 3. The Labute approximate surface area is 204 Å². The number of nitrogens with zero attached hydrogens (tertiary/aromatic N) is 1. The molecule has 2 aromatic rings. The Balaban J connectivity index is 1.62. The quantitative estimate of drug-likeness (QED) is 0.373. The number of phenolic OH excluding ortho intramolecular Hbond substituents is 1. The van der Waals surface area contributed by atoms with Gasteiger partial charge < -0.3 is 10.4 Å². The Morgan fingerprint density at radius 1 is 1.00 bits per heavy atom. The third kappa shape index (κ3) is 4.45. The van der Waals surface area contributed by atoms with Gasteiger partial charge in [0, 0.05) is 20.1 Å². The molecule has 2 aromatic carbocycles. The summed E-state index contributed by atoms with van der Waals surface area (Å²) in [6.45, 7) is 0. The Morgan fingerprint density at radius 3 is 2.24 bits per heavy atom. The van der Waals surface area contributed by atoms with Crippen LogP contribution in [-0.4, -0.2) is 55.6 Å². The lowest BCUT2D eigenvalue weighted by Gasteiger charge is -2.39. The SMILES string of the molecule is CN(C)S(=O)(=O)c1c(Cl)ccc(NC2C(=O)C(=O)C2NC(c2ccccc2)C2CCCC2)c1O. The highest BCUT2D eigenvalue weighted by Gasteiger charge is 2.51. The number of Topliss-reactive ketones (excluding diaryl/α,β-unsaturated/α-hetero) is 2. The lowest BCUT2D eigenvalue weighted by Crippen LogP contribution is -2.67. The molecule has 3 N–H and O–H groups in total. The monoisotopic (exact) mass is 505 g/mol. The summed E-state index contributed by atoms with van der Waals surface area (Å²) in [5.74, 6) is -1.41. The van der Waals surface area contributed by atoms with E-state index in [0.29, 0.717) is 5.92 Å². The number of halogens is 1. The number of ketones is 2. The first-order valence-corrected chi connectivity index (χ1v) is 13.0. The third-order valence-electron chi connectivity index (χ3n) is 6.66. The first kappa shape index (κ1) is 24.7. The molecule has 0 aliphatic heterocycles. The van der Waals surface area contributed by atoms with Gasteiger partial charge in [0.15, 0.2) is 5.75 Å². The Bertz CT molecular complexity index is 1200. The number of aromatic hydroxyl groups is 1. The molecule has 0 bridgehead atoms. The topological polar surface area (TPSA) is 116 Å². The fourth-order valence-electron chi connectivity index (χ4n) is 4.74. The second-order valence-corrected chi connectivity index (χ2v) is 11.5. The van der Waals surface area contributed by atoms with E-state index in [9.17, 15) is 23.1 Å². The normalized spacial score (nSPS) is 22.1. The largest absolute Gasteiger partial charge is 0.504 e. The standard InChI is InChI=1S/C24H28ClN3O5S/c1-28(2)34(32,33)24-16(25)12-13-17(21(24)29)26-19-20(23(31)22(19)30)27-18(15-10-6-7-11-15)14-8-4-3-5-9-14/h3-5,8-9,12-13,15,18-20,26-27,29H,6-7,10-11H2,1-2H3. The number of rotatable bonds is 8. The summed E-state index contributed by atoms with van der Waals surface area (Å²) < 4.78 is 26.2. The van der Waals surface area contributed by atoms with Crippen molar-refractivity contribution < 1.29 is 23.1 Å². The van der Waals surface area contributed by atoms with Gasteiger partial charge in [-0.2, -0.15) is 0 Å². The van der Waals surface area contributed by atoms with E-state index >= 15 is 0 Å². The van der Waals surface area contributed by atoms with Gasteiger partial charge >= 0.3 is 0 Å². The maximum Gasteiger partial charge on any atom is 0.247 e. The molecular weight excluding hydrogens is 478 g/mol. The van der Waals surface area contributed by atoms with Crippen molar-refractivity contribution in [3.05, 3.63) is 53.1 Å². The predicted molar refractivity (Wildman–Crippen MR) is 129 cm³/mol. The highest BCUT2D eigenvalue weighted by Crippen LogP contribution is 2.40. The molecule has 0 amide bonds. The molecule has 2 fully saturated rings. The lowest BCUT2D eigenvalue weighted by molar-refractivity contribution is -0.146. The maximum absolute atomic E-state index is 12.6. The molecule has 2 aliphatic rings. The highest BCUT2D eigenvalue weighted by molar-refractivity contribution is 7.89. The predicted octanol–water partition coefficient (Wildman–Crippen LogP) is 3.12. The van der Waals surface area contributed by atoms with Crippen LogP contribution in [0, 0.1) is 5.92 Å². The van der Waals surface area contributed by atoms with Gasteiger partial charge in [-0.05, 0) is 36.5 Å². The second-order valence-electron chi connectivity index (χ2n) is 8.99. The summed E-state index contributed by atoms with van der Waals surface area (Å²) in [5.41, 5.74) is 1.06. The van der Waals surface area contributed by atoms with Crippen molar-refractivity contribution in [1.29, 1.82) is 0 Å². The Kier molecular flexibility index (Phi) is 7.00. The third-order valence-corrected chi connectivity index (χ3v) is 8.98. The van der Waals surface area contributed by atoms with Crippen molar-refractivity contribution in [3.8, 4) is 5.75 Å². The first-order valence-electron chi connectivity index (χ1n) is 11.2. The van der Waals surface area contributed by atoms with Crippen LogP contribution in [0.5, 0.6) is 5.75 Å². The van der Waals surface area contributed by atoms with Gasteiger partial charge in [0.25, 0.3) is 0 Å². The van der Waals surface area contributed by atoms with E-state index in [2.05, 4.69) is 10.6 Å². The van der Waals surface area contributed by atoms with Gasteiger partial charge in [-0.15, -0.1) is 0 Å². The fraction of sp³-hybridized carbons (Fsp3) is 0.417. The highest BCUT2D eigenvalue weighted by atomic mass is 35.5. The van der Waals surface area contributed by atoms with E-state index in [-0.39, 0.29) is 16.8 Å². The summed E-state index contributed by atoms with van der Waals surface area (Å²) in [5, 5.41) is 16.8. The number of benzene rings is 2. The van der Waals surface area contributed by atoms with E-state index in [0.717, 1.165) is 35.6 Å². The minimum absolute atomic E-state index is 0.0135. The van der Waals surface area contributed by atoms with Crippen LogP contribution in [0.4, 0.5) is 5.69 Å². The minimum atomic E-state index is -4.05. The molecule has 10 heteroatoms. The van der Waals surface area contributed by atoms with Gasteiger partial charge in [-0.3, -0.25) is 14.9 Å². The molecule has 0 aromatic heterocycles. The van der Waals surface area contributed by atoms with Crippen molar-refractivity contribution in [2.45, 2.75) is 48.7 Å². The second kappa shape index (κ2) is 9.65. The van der Waals surface area contributed by atoms with Crippen LogP contribution in [0.15, 0.2) is 47.4 Å². The zero-order valence-corrected chi connectivity index (χ0v) is 20.6. The number of hydrogen-bond acceptors (Lipinski definition) is 7. The summed E-state index contributed by atoms with van der Waals surface area (Å²) in [6, 6.07) is 10.7. The summed E-state index contributed by atoms with van der Waals surface area (Å²) >= 11 is 6.08. The number of nitrogens with one attached hydrogen (secondary N) is 2. The van der Waals surface area contributed by atoms with Gasteiger partial charge in [0.2, 0.25) is 21.6 Å². The lowest BCUT2D eigenvalue weighted by atomic mass is 9.80. The minimum Gasteiger partial charge on any atom is -0.504 e. The van der Waals surface area contributed by atoms with Crippen LogP contribution in [0.2, 0.25) is 5.02 Å². The number of sulfonamides is 1. The zero-order valence-electron chi connectivity index (χ0n) is 19.0. The average Bonchev–Trinajstić information content (AvgIpc) is 3.34. The van der Waals surface area contributed by atoms with E-state index in [1.807, 2.05) is 30.3 Å². The molecule has 0 heterocycles. The fourth-order valence-corrected chi connectivity index (χ4v) is 6.22. The van der Waals surface area contributed by atoms with E-state index < -0.39 is 44.3 Å². The molecule has 2 aliphatic carbocycles. The van der Waals surface area contributed by atoms with Gasteiger partial charge in [0.05, 0.1) is 10.7 Å². The molecule has 34 heavy (non-hydrogen) atoms. The molecule has 0 saturated heterocycles. The number of carbonyl (C=O) groups excluding carboxylic acids is 2. The van der Waals surface area contributed by atoms with Crippen LogP contribution in [-0.2, 0) is 19.6 Å². The summed E-state index contributed by atoms with van der Waals surface area (Å²) in [4.78, 5) is 24.6. The number of phenols is 1. The van der Waals surface area contributed by atoms with Crippen molar-refractivity contribution in [1.82, 2.24) is 9.62 Å². The molecule has 0 spiro atoms. The first-order chi connectivity index (χ1) is 16.1. The van der Waals surface area contributed by atoms with Crippen LogP contribution in [0.1, 0.15) is 37.3 Å². The van der Waals surface area contributed by atoms with Crippen LogP contribution >= 0.6 is 11.6 Å². The molecule has 4 rings (SSSR count). The smallest absolute Gasteiger partial charge is 0.247 e. The van der Waals surface area contributed by atoms with Crippen molar-refractivity contribution in [2.24, 2.45) is 5.92 Å². The van der Waals surface area contributed by atoms with Crippen molar-refractivity contribution >= 4 is 38.9 Å². The van der Waals surface area contributed by atoms with Crippen molar-refractivity contribution in [2.75, 3.05) is 19.4 Å². The van der Waals surface area contributed by atoms with Crippen molar-refractivity contribution in [3.63, 3.8) is 0 Å². The Morgan fingerprint density at radius 2 is 1.62 bits per heavy atom. The van der Waals surface area contributed by atoms with Crippen LogP contribution in [0.25, 0.3) is 0 Å². The number of carbonyl (C=O) groups is 2. The molecular formula is C24H28ClN3O5S. The molecule has 3 atom stereocenters. The van der Waals surface area contributed by atoms with Gasteiger partial charge in [-0.25, -0.2) is 12.7 Å². The van der Waals surface area contributed by atoms with Gasteiger partial charge in [0.1, 0.15) is 17.0 Å². The van der Waals surface area contributed by atoms with Crippen LogP contribution in [0.3, 0.4) is 0 Å². The molecule has 0 radical (unpaired) electrons. The summed E-state index contributed by atoms with van der Waals surface area (Å²) in [7, 11) is -1.39. The molecule has 182 valence electrons. The zero-order chi connectivity index (χ0) is 24.6. The van der Waals surface area contributed by atoms with Gasteiger partial charge in [-0.1, -0.05) is 54.8 Å². The number of anilines is 1. The molecule has 3 unspecified atom stereocenters. The average molecular weight is 506 g/mol. The maximum atomic E-state index is 12.6. The van der Waals surface area contributed by atoms with Crippen LogP contribution < -0.4 is 10.6 Å². The van der Waals surface area contributed by atoms with E-state index in [1.54, 1.807) is 0 Å².